The van der Waals surface area contributed by atoms with E-state index in [2.05, 4.69) is 0 Å². The topological polar surface area (TPSA) is 0 Å². The van der Waals surface area contributed by atoms with Gasteiger partial charge in [0, 0.05) is 23.1 Å². The van der Waals surface area contributed by atoms with Crippen LogP contribution in [0.3, 0.4) is 0 Å². The fourth-order valence-electron chi connectivity index (χ4n) is 1.93. The first-order chi connectivity index (χ1) is 8.47. The average Bonchev–Trinajstić information content (AvgIpc) is 2.51. The van der Waals surface area contributed by atoms with Gasteiger partial charge in [0.25, 0.3) is 0 Å². The van der Waals surface area contributed by atoms with Crippen LogP contribution in [0.15, 0.2) is 42.5 Å². The summed E-state index contributed by atoms with van der Waals surface area (Å²) >= 11 is 0. The number of thiophene rings is 1. The first kappa shape index (κ1) is 11.5. The second kappa shape index (κ2) is 3.68. The molecular weight excluding hydrogens is 264 g/mol. The Labute approximate surface area is 103 Å². The molecule has 1 unspecified atom stereocenters. The molecule has 0 bridgehead atoms. The normalized spacial score (nSPS) is 15.8. The summed E-state index contributed by atoms with van der Waals surface area (Å²) in [5.74, 6) is -0.636. The zero-order valence-corrected chi connectivity index (χ0v) is 9.78. The smallest absolute Gasteiger partial charge is 0.207 e. The van der Waals surface area contributed by atoms with Crippen molar-refractivity contribution < 1.29 is 17.6 Å². The van der Waals surface area contributed by atoms with Gasteiger partial charge in [-0.3, -0.25) is 0 Å². The summed E-state index contributed by atoms with van der Waals surface area (Å²) in [7, 11) is -2.04. The minimum absolute atomic E-state index is 0.0266. The Bertz CT molecular complexity index is 689. The third kappa shape index (κ3) is 1.66. The quantitative estimate of drug-likeness (QED) is 0.496. The molecule has 0 aliphatic heterocycles. The molecule has 0 N–H and O–H groups in total. The predicted molar refractivity (Wildman–Crippen MR) is 64.8 cm³/mol. The van der Waals surface area contributed by atoms with Crippen LogP contribution >= 0.6 is 10.5 Å². The lowest BCUT2D eigenvalue weighted by Gasteiger charge is -2.04. The van der Waals surface area contributed by atoms with Crippen LogP contribution in [0.4, 0.5) is 17.6 Å². The van der Waals surface area contributed by atoms with Crippen LogP contribution in [0, 0.1) is 5.82 Å². The third-order valence-corrected chi connectivity index (χ3v) is 4.82. The van der Waals surface area contributed by atoms with Crippen molar-refractivity contribution in [3.05, 3.63) is 53.2 Å². The summed E-state index contributed by atoms with van der Waals surface area (Å²) in [6.45, 7) is 0. The fraction of sp³-hybridized carbons (Fsp3) is 0.0769. The molecule has 0 spiro atoms. The second-order valence-electron chi connectivity index (χ2n) is 3.92. The molecule has 2 aromatic rings. The Kier molecular flexibility index (Phi) is 2.35. The minimum Gasteiger partial charge on any atom is -0.207 e. The second-order valence-corrected chi connectivity index (χ2v) is 5.88. The highest BCUT2D eigenvalue weighted by Crippen LogP contribution is 2.53. The summed E-state index contributed by atoms with van der Waals surface area (Å²) < 4.78 is 52.6. The molecule has 1 aromatic carbocycles. The molecule has 92 valence electrons. The maximum absolute atomic E-state index is 13.1. The molecule has 1 aliphatic rings. The molecule has 3 rings (SSSR count). The van der Waals surface area contributed by atoms with Crippen LogP contribution in [-0.2, 0) is 5.51 Å². The van der Waals surface area contributed by atoms with Crippen molar-refractivity contribution in [1.82, 2.24) is 0 Å². The largest absolute Gasteiger partial charge is 0.601 e. The van der Waals surface area contributed by atoms with Gasteiger partial charge in [0.2, 0.25) is 0 Å². The Morgan fingerprint density at radius 1 is 1.06 bits per heavy atom. The number of rotatable bonds is 1. The van der Waals surface area contributed by atoms with Crippen LogP contribution in [0.1, 0.15) is 4.88 Å². The molecule has 0 nitrogen and oxygen atoms in total. The Morgan fingerprint density at radius 3 is 2.33 bits per heavy atom. The van der Waals surface area contributed by atoms with Crippen LogP contribution in [0.25, 0.3) is 15.7 Å². The molecule has 1 atom stereocenters. The zero-order chi connectivity index (χ0) is 12.9. The SMILES string of the molecule is Fc1ccc2cc(C3=CC=C3)[s+](C(F)(F)F)c2c1. The standard InChI is InChI=1S/C13H7F4S/c14-10-5-4-9-6-11(8-2-1-3-8)18(12(9)7-10)13(15,16)17/h1-7H/q+1. The molecule has 5 heteroatoms. The maximum atomic E-state index is 13.1. The molecular formula is C13H7F4S+. The van der Waals surface area contributed by atoms with E-state index in [9.17, 15) is 17.6 Å². The lowest BCUT2D eigenvalue weighted by Crippen LogP contribution is -1.98. The van der Waals surface area contributed by atoms with Crippen molar-refractivity contribution in [3.63, 3.8) is 0 Å². The number of alkyl halides is 3. The van der Waals surface area contributed by atoms with Crippen LogP contribution in [-0.4, -0.2) is 0 Å². The van der Waals surface area contributed by atoms with E-state index in [0.29, 0.717) is 11.0 Å². The summed E-state index contributed by atoms with van der Waals surface area (Å²) in [6, 6.07) is 5.06. The van der Waals surface area contributed by atoms with E-state index in [4.69, 9.17) is 0 Å². The Morgan fingerprint density at radius 2 is 1.78 bits per heavy atom. The van der Waals surface area contributed by atoms with Crippen molar-refractivity contribution in [1.29, 1.82) is 0 Å². The Balaban J connectivity index is 2.35. The van der Waals surface area contributed by atoms with Crippen molar-refractivity contribution in [2.24, 2.45) is 0 Å². The van der Waals surface area contributed by atoms with E-state index in [1.807, 2.05) is 0 Å². The van der Waals surface area contributed by atoms with E-state index in [0.717, 1.165) is 6.07 Å². The number of benzene rings is 1. The van der Waals surface area contributed by atoms with E-state index in [1.165, 1.54) is 18.2 Å². The summed E-state index contributed by atoms with van der Waals surface area (Å²) in [5.41, 5.74) is -3.80. The summed E-state index contributed by atoms with van der Waals surface area (Å²) in [4.78, 5) is 0.227. The lowest BCUT2D eigenvalue weighted by molar-refractivity contribution is -0.0866. The predicted octanol–water partition coefficient (Wildman–Crippen LogP) is 5.16. The van der Waals surface area contributed by atoms with Gasteiger partial charge >= 0.3 is 5.51 Å². The van der Waals surface area contributed by atoms with Crippen LogP contribution in [0.2, 0.25) is 0 Å². The monoisotopic (exact) mass is 271 g/mol. The van der Waals surface area contributed by atoms with E-state index in [-0.39, 0.29) is 9.58 Å². The highest BCUT2D eigenvalue weighted by atomic mass is 32.2. The first-order valence-corrected chi connectivity index (χ1v) is 6.40. The molecule has 0 radical (unpaired) electrons. The molecule has 1 aliphatic carbocycles. The van der Waals surface area contributed by atoms with Crippen LogP contribution < -0.4 is 0 Å². The number of halogens is 4. The van der Waals surface area contributed by atoms with Crippen molar-refractivity contribution in [2.75, 3.05) is 0 Å². The van der Waals surface area contributed by atoms with E-state index >= 15 is 0 Å². The molecule has 1 aromatic heterocycles. The number of fused-ring (bicyclic) bond motifs is 1. The molecule has 1 heterocycles. The minimum atomic E-state index is -4.38. The number of allylic oxidation sites excluding steroid dienone is 4. The van der Waals surface area contributed by atoms with Gasteiger partial charge in [-0.25, -0.2) is 4.39 Å². The van der Waals surface area contributed by atoms with E-state index in [1.54, 1.807) is 18.2 Å². The van der Waals surface area contributed by atoms with Gasteiger partial charge in [-0.05, 0) is 24.3 Å². The highest BCUT2D eigenvalue weighted by Gasteiger charge is 2.48. The van der Waals surface area contributed by atoms with Gasteiger partial charge in [-0.1, -0.05) is 6.08 Å². The first-order valence-electron chi connectivity index (χ1n) is 5.18. The lowest BCUT2D eigenvalue weighted by atomic mass is 10.1. The highest BCUT2D eigenvalue weighted by molar-refractivity contribution is 7.39. The fourth-order valence-corrected chi connectivity index (χ4v) is 3.88. The average molecular weight is 271 g/mol. The summed E-state index contributed by atoms with van der Waals surface area (Å²) in [5, 5.41) is 0.452. The van der Waals surface area contributed by atoms with Gasteiger partial charge in [0.15, 0.2) is 9.58 Å². The molecule has 0 saturated carbocycles. The van der Waals surface area contributed by atoms with Gasteiger partial charge < -0.3 is 0 Å². The van der Waals surface area contributed by atoms with Crippen LogP contribution in [0.5, 0.6) is 0 Å². The van der Waals surface area contributed by atoms with Gasteiger partial charge in [0.05, 0.1) is 0 Å². The zero-order valence-electron chi connectivity index (χ0n) is 8.96. The Hall–Kier alpha value is -1.62. The molecule has 0 fully saturated rings. The maximum Gasteiger partial charge on any atom is 0.601 e. The number of hydrogen-bond donors (Lipinski definition) is 0. The van der Waals surface area contributed by atoms with Crippen molar-refractivity contribution >= 4 is 26.1 Å². The van der Waals surface area contributed by atoms with E-state index < -0.39 is 21.8 Å². The van der Waals surface area contributed by atoms with Crippen molar-refractivity contribution in [3.8, 4) is 0 Å². The van der Waals surface area contributed by atoms with Gasteiger partial charge in [0.1, 0.15) is 16.3 Å². The molecule has 0 saturated heterocycles. The van der Waals surface area contributed by atoms with Gasteiger partial charge in [-0.2, -0.15) is 0 Å². The van der Waals surface area contributed by atoms with Crippen molar-refractivity contribution in [2.45, 2.75) is 5.51 Å². The molecule has 0 amide bonds. The summed E-state index contributed by atoms with van der Waals surface area (Å²) in [6.07, 6.45) is 4.97. The molecule has 18 heavy (non-hydrogen) atoms. The number of hydrogen-bond acceptors (Lipinski definition) is 0. The van der Waals surface area contributed by atoms with Gasteiger partial charge in [-0.15, -0.1) is 13.2 Å². The third-order valence-electron chi connectivity index (χ3n) is 2.77.